The van der Waals surface area contributed by atoms with Gasteiger partial charge in [-0.2, -0.15) is 5.26 Å². The number of aromatic nitrogens is 2. The molecule has 7 rings (SSSR count). The molecular weight excluding hydrogens is 825 g/mol. The molecule has 4 atom stereocenters. The van der Waals surface area contributed by atoms with Crippen LogP contribution in [0.2, 0.25) is 0 Å². The van der Waals surface area contributed by atoms with Crippen LogP contribution in [-0.4, -0.2) is 110 Å². The van der Waals surface area contributed by atoms with Crippen molar-refractivity contribution in [1.29, 1.82) is 5.26 Å². The van der Waals surface area contributed by atoms with E-state index in [-0.39, 0.29) is 49.6 Å². The lowest BCUT2D eigenvalue weighted by Crippen LogP contribution is -2.62. The molecule has 0 aliphatic carbocycles. The number of aromatic hydroxyl groups is 1. The molecule has 4 amide bonds. The lowest BCUT2D eigenvalue weighted by molar-refractivity contribution is -0.155. The van der Waals surface area contributed by atoms with Gasteiger partial charge in [-0.15, -0.1) is 0 Å². The zero-order chi connectivity index (χ0) is 47.0. The molecule has 2 aromatic heterocycles. The molecule has 2 aromatic carbocycles. The van der Waals surface area contributed by atoms with Crippen LogP contribution < -0.4 is 10.7 Å². The number of pyridine rings is 1. The first-order chi connectivity index (χ1) is 30.8. The Kier molecular flexibility index (Phi) is 13.2. The van der Waals surface area contributed by atoms with Crippen molar-refractivity contribution in [2.24, 2.45) is 17.3 Å². The number of likely N-dealkylation sites (tertiary alicyclic amines) is 1. The summed E-state index contributed by atoms with van der Waals surface area (Å²) in [6.07, 6.45) is 6.44. The van der Waals surface area contributed by atoms with Crippen molar-refractivity contribution in [2.75, 3.05) is 33.3 Å². The second kappa shape index (κ2) is 18.5. The lowest BCUT2D eigenvalue weighted by Gasteiger charge is -2.37. The fraction of sp³-hybridized carbons (Fsp3) is 0.460. The maximum Gasteiger partial charge on any atom is 0.324 e. The first-order valence-electron chi connectivity index (χ1n) is 22.4. The minimum Gasteiger partial charge on any atom is -0.508 e. The predicted molar refractivity (Wildman–Crippen MR) is 245 cm³/mol. The minimum absolute atomic E-state index is 0.0381. The van der Waals surface area contributed by atoms with Crippen LogP contribution in [0, 0.1) is 28.6 Å². The summed E-state index contributed by atoms with van der Waals surface area (Å²) in [6, 6.07) is 14.4. The summed E-state index contributed by atoms with van der Waals surface area (Å²) in [7, 11) is 1.57. The number of hydrazine groups is 1. The highest BCUT2D eigenvalue weighted by Gasteiger charge is 2.40. The average Bonchev–Trinajstić information content (AvgIpc) is 3.90. The van der Waals surface area contributed by atoms with Crippen molar-refractivity contribution < 1.29 is 33.8 Å². The van der Waals surface area contributed by atoms with E-state index < -0.39 is 52.8 Å². The van der Waals surface area contributed by atoms with Gasteiger partial charge in [0.15, 0.2) is 0 Å². The summed E-state index contributed by atoms with van der Waals surface area (Å²) < 4.78 is 8.11. The van der Waals surface area contributed by atoms with Crippen LogP contribution in [0.1, 0.15) is 71.9 Å². The molecule has 15 nitrogen and oxygen atoms in total. The van der Waals surface area contributed by atoms with Crippen molar-refractivity contribution in [2.45, 2.75) is 97.3 Å². The molecule has 1 unspecified atom stereocenters. The van der Waals surface area contributed by atoms with Gasteiger partial charge in [-0.1, -0.05) is 46.4 Å². The summed E-state index contributed by atoms with van der Waals surface area (Å²) in [5, 5.41) is 27.1. The molecule has 2 fully saturated rings. The highest BCUT2D eigenvalue weighted by Crippen LogP contribution is 2.43. The fourth-order valence-corrected chi connectivity index (χ4v) is 9.65. The number of nitriles is 1. The maximum atomic E-state index is 14.7. The molecule has 0 radical (unpaired) electrons. The SMILES string of the molecule is C=CC(=O)N1CC[C@H](C(=O)N(C)C(C(=O)N[C@H]2Cc3cc(O)cc(c3)-c3ccc4c(c3)c(c(-c3ccncc3)n4C(C)(C)C#N)CC(C)(C)COC(=O)[C@@H]3CCCN(N3)C2=O)C(C)C)C1. The average molecular weight is 885 g/mol. The zero-order valence-electron chi connectivity index (χ0n) is 38.4. The highest BCUT2D eigenvalue weighted by molar-refractivity contribution is 5.96. The molecule has 4 aromatic rings. The number of nitrogens with one attached hydrogen (secondary N) is 2. The fourth-order valence-electron chi connectivity index (χ4n) is 9.65. The number of amides is 4. The van der Waals surface area contributed by atoms with Gasteiger partial charge in [0.25, 0.3) is 5.91 Å². The van der Waals surface area contributed by atoms with E-state index in [9.17, 15) is 34.3 Å². The number of carbonyl (C=O) groups excluding carboxylic acids is 5. The number of nitrogens with zero attached hydrogens (tertiary/aromatic N) is 6. The van der Waals surface area contributed by atoms with Crippen molar-refractivity contribution in [1.82, 2.24) is 35.1 Å². The van der Waals surface area contributed by atoms with Gasteiger partial charge >= 0.3 is 5.97 Å². The number of hydrogen-bond acceptors (Lipinski definition) is 10. The van der Waals surface area contributed by atoms with E-state index in [0.717, 1.165) is 33.3 Å². The number of likely N-dealkylation sites (N-methyl/N-ethyl adjacent to an activating group) is 1. The highest BCUT2D eigenvalue weighted by atomic mass is 16.5. The van der Waals surface area contributed by atoms with Crippen molar-refractivity contribution in [3.63, 3.8) is 0 Å². The Balaban J connectivity index is 1.32. The second-order valence-corrected chi connectivity index (χ2v) is 19.3. The van der Waals surface area contributed by atoms with Crippen LogP contribution >= 0.6 is 0 Å². The van der Waals surface area contributed by atoms with E-state index in [1.807, 2.05) is 77.9 Å². The molecule has 0 spiro atoms. The summed E-state index contributed by atoms with van der Waals surface area (Å²) in [5.41, 5.74) is 6.99. The molecule has 342 valence electrons. The Morgan fingerprint density at radius 3 is 2.49 bits per heavy atom. The third-order valence-corrected chi connectivity index (χ3v) is 12.9. The number of carbonyl (C=O) groups is 5. The molecule has 3 aliphatic rings. The van der Waals surface area contributed by atoms with E-state index >= 15 is 0 Å². The van der Waals surface area contributed by atoms with Gasteiger partial charge in [0.1, 0.15) is 29.4 Å². The topological polar surface area (TPSA) is 190 Å². The number of esters is 1. The number of rotatable bonds is 8. The zero-order valence-corrected chi connectivity index (χ0v) is 38.4. The van der Waals surface area contributed by atoms with Crippen LogP contribution in [-0.2, 0) is 47.1 Å². The van der Waals surface area contributed by atoms with E-state index in [4.69, 9.17) is 4.74 Å². The molecule has 2 saturated heterocycles. The third kappa shape index (κ3) is 9.64. The summed E-state index contributed by atoms with van der Waals surface area (Å²) in [5.74, 6) is -3.01. The van der Waals surface area contributed by atoms with E-state index in [2.05, 4.69) is 32.9 Å². The monoisotopic (exact) mass is 884 g/mol. The van der Waals surface area contributed by atoms with Gasteiger partial charge in [-0.3, -0.25) is 34.0 Å². The number of benzene rings is 2. The van der Waals surface area contributed by atoms with E-state index in [1.54, 1.807) is 36.5 Å². The summed E-state index contributed by atoms with van der Waals surface area (Å²) in [6.45, 7) is 15.9. The van der Waals surface area contributed by atoms with Gasteiger partial charge < -0.3 is 29.5 Å². The molecule has 0 saturated carbocycles. The molecule has 15 heteroatoms. The van der Waals surface area contributed by atoms with Gasteiger partial charge in [-0.25, -0.2) is 5.43 Å². The first-order valence-corrected chi connectivity index (χ1v) is 22.4. The van der Waals surface area contributed by atoms with Gasteiger partial charge in [0, 0.05) is 61.9 Å². The van der Waals surface area contributed by atoms with Crippen LogP contribution in [0.5, 0.6) is 5.75 Å². The first kappa shape index (κ1) is 46.5. The van der Waals surface area contributed by atoms with Crippen LogP contribution in [0.25, 0.3) is 33.3 Å². The number of ether oxygens (including phenoxy) is 1. The van der Waals surface area contributed by atoms with Crippen molar-refractivity contribution in [3.05, 3.63) is 84.7 Å². The van der Waals surface area contributed by atoms with Gasteiger partial charge in [0.05, 0.1) is 29.8 Å². The Hall–Kier alpha value is -6.53. The molecular formula is C50H60N8O7. The number of phenolic OH excluding ortho intramolecular Hbond substituents is 1. The maximum absolute atomic E-state index is 14.7. The van der Waals surface area contributed by atoms with Crippen molar-refractivity contribution >= 4 is 40.5 Å². The molecule has 3 N–H and O–H groups in total. The Bertz CT molecular complexity index is 2560. The molecule has 65 heavy (non-hydrogen) atoms. The Labute approximate surface area is 380 Å². The standard InChI is InChI=1S/C50H60N8O7/c1-9-42(60)56-20-16-34(27-56)46(62)55(8)43(30(2)3)45(61)53-40-23-31-21-35(24-36(59)22-31)33-12-13-41-37(25-33)38(44(32-14-17-52-18-15-32)58(41)50(6,7)28-51)26-49(4,5)29-65-48(64)39-11-10-19-57(54-39)47(40)63/h9,12-15,17-18,21-22,24-25,30,34,39-40,43,54,59H,1,10-11,16,19-20,23,26-27,29H2,2-8H3,(H,53,61)/t34-,39-,40-,43?/m0/s1. The molecule has 6 bridgehead atoms. The Morgan fingerprint density at radius 1 is 1.06 bits per heavy atom. The van der Waals surface area contributed by atoms with E-state index in [1.165, 1.54) is 16.0 Å². The largest absolute Gasteiger partial charge is 0.508 e. The molecule has 3 aliphatic heterocycles. The number of phenols is 1. The summed E-state index contributed by atoms with van der Waals surface area (Å²) in [4.78, 5) is 76.5. The van der Waals surface area contributed by atoms with Gasteiger partial charge in [-0.05, 0) is 110 Å². The predicted octanol–water partition coefficient (Wildman–Crippen LogP) is 5.50. The summed E-state index contributed by atoms with van der Waals surface area (Å²) >= 11 is 0. The Morgan fingerprint density at radius 2 is 1.80 bits per heavy atom. The lowest BCUT2D eigenvalue weighted by atomic mass is 9.84. The van der Waals surface area contributed by atoms with Crippen LogP contribution in [0.3, 0.4) is 0 Å². The van der Waals surface area contributed by atoms with Crippen molar-refractivity contribution in [3.8, 4) is 34.2 Å². The number of fused-ring (bicyclic) bond motifs is 6. The molecule has 5 heterocycles. The quantitative estimate of drug-likeness (QED) is 0.151. The minimum atomic E-state index is -1.19. The third-order valence-electron chi connectivity index (χ3n) is 12.9. The number of hydrogen-bond donors (Lipinski definition) is 3. The smallest absolute Gasteiger partial charge is 0.324 e. The van der Waals surface area contributed by atoms with Crippen LogP contribution in [0.4, 0.5) is 0 Å². The second-order valence-electron chi connectivity index (χ2n) is 19.3. The van der Waals surface area contributed by atoms with Gasteiger partial charge in [0.2, 0.25) is 17.7 Å². The number of cyclic esters (lactones) is 1. The normalized spacial score (nSPS) is 20.7. The van der Waals surface area contributed by atoms with E-state index in [0.29, 0.717) is 43.4 Å². The van der Waals surface area contributed by atoms with Crippen LogP contribution in [0.15, 0.2) is 73.6 Å².